The number of ether oxygens (including phenoxy) is 1. The van der Waals surface area contributed by atoms with Crippen LogP contribution >= 0.6 is 11.3 Å². The monoisotopic (exact) mass is 391 g/mol. The summed E-state index contributed by atoms with van der Waals surface area (Å²) in [4.78, 5) is 15.6. The predicted octanol–water partition coefficient (Wildman–Crippen LogP) is 2.92. The molecule has 0 saturated carbocycles. The van der Waals surface area contributed by atoms with Gasteiger partial charge in [0.05, 0.1) is 5.60 Å². The first-order valence-electron chi connectivity index (χ1n) is 8.31. The van der Waals surface area contributed by atoms with E-state index in [2.05, 4.69) is 28.9 Å². The molecule has 1 aromatic rings. The number of carbonyl (C=O) groups excluding carboxylic acids is 1. The quantitative estimate of drug-likeness (QED) is 0.639. The summed E-state index contributed by atoms with van der Waals surface area (Å²) in [5.41, 5.74) is -0.407. The van der Waals surface area contributed by atoms with E-state index in [0.717, 1.165) is 17.8 Å². The molecule has 0 aliphatic carbocycles. The van der Waals surface area contributed by atoms with Crippen LogP contribution in [0, 0.1) is 12.8 Å². The van der Waals surface area contributed by atoms with Crippen LogP contribution in [-0.4, -0.2) is 38.1 Å². The fraction of sp³-hybridized carbons (Fsp3) is 0.750. The molecule has 0 aliphatic heterocycles. The normalized spacial score (nSPS) is 12.6. The van der Waals surface area contributed by atoms with Gasteiger partial charge >= 0.3 is 0 Å². The Morgan fingerprint density at radius 2 is 2.00 bits per heavy atom. The number of carbonyl (C=O) groups is 1. The molecule has 0 aromatic carbocycles. The van der Waals surface area contributed by atoms with E-state index in [9.17, 15) is 13.2 Å². The number of hydrogen-bond acceptors (Lipinski definition) is 6. The van der Waals surface area contributed by atoms with Gasteiger partial charge in [-0.25, -0.2) is 18.1 Å². The lowest BCUT2D eigenvalue weighted by Gasteiger charge is -2.26. The molecule has 144 valence electrons. The molecule has 0 aliphatic rings. The van der Waals surface area contributed by atoms with Crippen molar-refractivity contribution in [2.75, 3.05) is 18.5 Å². The molecule has 0 unspecified atom stereocenters. The summed E-state index contributed by atoms with van der Waals surface area (Å²) in [7, 11) is -3.72. The Hall–Kier alpha value is -1.03. The van der Waals surface area contributed by atoms with E-state index in [0.29, 0.717) is 23.8 Å². The van der Waals surface area contributed by atoms with Crippen molar-refractivity contribution < 1.29 is 17.9 Å². The Bertz CT molecular complexity index is 682. The van der Waals surface area contributed by atoms with E-state index >= 15 is 0 Å². The first-order chi connectivity index (χ1) is 11.4. The van der Waals surface area contributed by atoms with Gasteiger partial charge in [-0.15, -0.1) is 11.3 Å². The fourth-order valence-electron chi connectivity index (χ4n) is 2.03. The Balaban J connectivity index is 2.61. The van der Waals surface area contributed by atoms with E-state index in [-0.39, 0.29) is 22.6 Å². The average Bonchev–Trinajstić information content (AvgIpc) is 2.78. The van der Waals surface area contributed by atoms with Crippen molar-refractivity contribution in [2.24, 2.45) is 5.92 Å². The molecule has 0 spiro atoms. The van der Waals surface area contributed by atoms with Gasteiger partial charge < -0.3 is 10.1 Å². The number of anilines is 1. The minimum absolute atomic E-state index is 0.0419. The second-order valence-electron chi connectivity index (χ2n) is 7.00. The van der Waals surface area contributed by atoms with Crippen LogP contribution in [0.3, 0.4) is 0 Å². The van der Waals surface area contributed by atoms with Gasteiger partial charge in [0.2, 0.25) is 5.91 Å². The number of nitrogens with one attached hydrogen (secondary N) is 2. The summed E-state index contributed by atoms with van der Waals surface area (Å²) in [6.07, 6.45) is 1.52. The van der Waals surface area contributed by atoms with Crippen LogP contribution in [-0.2, 0) is 19.6 Å². The van der Waals surface area contributed by atoms with Crippen LogP contribution in [0.2, 0.25) is 0 Å². The Kier molecular flexibility index (Phi) is 7.98. The first kappa shape index (κ1) is 22.0. The van der Waals surface area contributed by atoms with Crippen LogP contribution in [0.15, 0.2) is 5.03 Å². The zero-order chi connectivity index (χ0) is 19.3. The molecule has 0 atom stereocenters. The number of nitrogens with zero attached hydrogens (tertiary/aromatic N) is 1. The standard InChI is InChI=1S/C16H29N3O4S2/c1-11(2)7-10-23-16(5,6)8-9-17-25(21,22)14-12(3)24-15(19-14)18-13(4)20/h11,17H,7-10H2,1-6H3,(H,18,19,20). The number of aromatic nitrogens is 1. The molecule has 0 fully saturated rings. The molecule has 0 bridgehead atoms. The maximum Gasteiger partial charge on any atom is 0.259 e. The Morgan fingerprint density at radius 3 is 2.56 bits per heavy atom. The van der Waals surface area contributed by atoms with Crippen molar-refractivity contribution in [1.29, 1.82) is 0 Å². The van der Waals surface area contributed by atoms with Gasteiger partial charge in [0.1, 0.15) is 0 Å². The Morgan fingerprint density at radius 1 is 1.36 bits per heavy atom. The number of sulfonamides is 1. The van der Waals surface area contributed by atoms with Crippen molar-refractivity contribution >= 4 is 32.4 Å². The topological polar surface area (TPSA) is 97.4 Å². The van der Waals surface area contributed by atoms with Crippen LogP contribution in [0.25, 0.3) is 0 Å². The Labute approximate surface area is 154 Å². The molecule has 1 rings (SSSR count). The highest BCUT2D eigenvalue weighted by molar-refractivity contribution is 7.89. The zero-order valence-electron chi connectivity index (χ0n) is 15.8. The number of rotatable bonds is 10. The van der Waals surface area contributed by atoms with Gasteiger partial charge in [0, 0.05) is 25.0 Å². The lowest BCUT2D eigenvalue weighted by atomic mass is 10.1. The molecule has 7 nitrogen and oxygen atoms in total. The summed E-state index contributed by atoms with van der Waals surface area (Å²) in [6.45, 7) is 12.1. The molecular formula is C16H29N3O4S2. The molecule has 1 heterocycles. The van der Waals surface area contributed by atoms with Crippen molar-refractivity contribution in [3.8, 4) is 0 Å². The van der Waals surface area contributed by atoms with Crippen molar-refractivity contribution in [1.82, 2.24) is 9.71 Å². The number of aryl methyl sites for hydroxylation is 1. The SMILES string of the molecule is CC(=O)Nc1nc(S(=O)(=O)NCCC(C)(C)OCCC(C)C)c(C)s1. The molecule has 1 aromatic heterocycles. The largest absolute Gasteiger partial charge is 0.376 e. The maximum atomic E-state index is 12.4. The number of amides is 1. The minimum atomic E-state index is -3.72. The summed E-state index contributed by atoms with van der Waals surface area (Å²) >= 11 is 1.14. The smallest absolute Gasteiger partial charge is 0.259 e. The van der Waals surface area contributed by atoms with Crippen molar-refractivity contribution in [3.05, 3.63) is 4.88 Å². The second-order valence-corrected chi connectivity index (χ2v) is 9.89. The van der Waals surface area contributed by atoms with Gasteiger partial charge in [-0.1, -0.05) is 13.8 Å². The molecule has 25 heavy (non-hydrogen) atoms. The second kappa shape index (κ2) is 9.07. The third kappa shape index (κ3) is 7.81. The van der Waals surface area contributed by atoms with Crippen LogP contribution < -0.4 is 10.0 Å². The first-order valence-corrected chi connectivity index (χ1v) is 10.6. The highest BCUT2D eigenvalue weighted by Gasteiger charge is 2.24. The molecule has 2 N–H and O–H groups in total. The van der Waals surface area contributed by atoms with Crippen LogP contribution in [0.4, 0.5) is 5.13 Å². The fourth-order valence-corrected chi connectivity index (χ4v) is 4.40. The van der Waals surface area contributed by atoms with Crippen molar-refractivity contribution in [3.63, 3.8) is 0 Å². The molecule has 0 saturated heterocycles. The van der Waals surface area contributed by atoms with Gasteiger partial charge in [-0.05, 0) is 39.5 Å². The molecule has 1 amide bonds. The van der Waals surface area contributed by atoms with E-state index in [4.69, 9.17) is 4.74 Å². The average molecular weight is 392 g/mol. The number of hydrogen-bond donors (Lipinski definition) is 2. The lowest BCUT2D eigenvalue weighted by molar-refractivity contribution is -0.114. The highest BCUT2D eigenvalue weighted by atomic mass is 32.2. The van der Waals surface area contributed by atoms with Crippen LogP contribution in [0.5, 0.6) is 0 Å². The predicted molar refractivity (Wildman–Crippen MR) is 100 cm³/mol. The maximum absolute atomic E-state index is 12.4. The third-order valence-corrected chi connectivity index (χ3v) is 6.00. The number of thiazole rings is 1. The molecule has 0 radical (unpaired) electrons. The summed E-state index contributed by atoms with van der Waals surface area (Å²) in [6, 6.07) is 0. The minimum Gasteiger partial charge on any atom is -0.376 e. The van der Waals surface area contributed by atoms with E-state index in [1.165, 1.54) is 6.92 Å². The lowest BCUT2D eigenvalue weighted by Crippen LogP contribution is -2.33. The van der Waals surface area contributed by atoms with Crippen molar-refractivity contribution in [2.45, 2.75) is 65.0 Å². The van der Waals surface area contributed by atoms with E-state index in [1.54, 1.807) is 6.92 Å². The van der Waals surface area contributed by atoms with E-state index < -0.39 is 15.6 Å². The summed E-state index contributed by atoms with van der Waals surface area (Å²) < 4.78 is 33.2. The summed E-state index contributed by atoms with van der Waals surface area (Å²) in [5.74, 6) is 0.283. The zero-order valence-corrected chi connectivity index (χ0v) is 17.4. The van der Waals surface area contributed by atoms with Gasteiger partial charge in [-0.3, -0.25) is 4.79 Å². The van der Waals surface area contributed by atoms with Gasteiger partial charge in [0.25, 0.3) is 10.0 Å². The molecular weight excluding hydrogens is 362 g/mol. The van der Waals surface area contributed by atoms with Gasteiger partial charge in [-0.2, -0.15) is 0 Å². The molecule has 9 heteroatoms. The summed E-state index contributed by atoms with van der Waals surface area (Å²) in [5, 5.41) is 2.75. The van der Waals surface area contributed by atoms with Gasteiger partial charge in [0.15, 0.2) is 10.2 Å². The van der Waals surface area contributed by atoms with Crippen LogP contribution in [0.1, 0.15) is 52.3 Å². The highest BCUT2D eigenvalue weighted by Crippen LogP contribution is 2.25. The van der Waals surface area contributed by atoms with E-state index in [1.807, 2.05) is 13.8 Å². The third-order valence-electron chi connectivity index (χ3n) is 3.50.